The van der Waals surface area contributed by atoms with Crippen LogP contribution >= 0.6 is 11.6 Å². The number of halogens is 1. The van der Waals surface area contributed by atoms with Crippen molar-refractivity contribution in [3.63, 3.8) is 0 Å². The lowest BCUT2D eigenvalue weighted by molar-refractivity contribution is 0.0619. The molecule has 0 aromatic heterocycles. The van der Waals surface area contributed by atoms with Crippen molar-refractivity contribution in [3.8, 4) is 5.75 Å². The number of nitrogens with one attached hydrogen (secondary N) is 2. The van der Waals surface area contributed by atoms with Crippen LogP contribution in [0.4, 0.5) is 5.69 Å². The minimum atomic E-state index is -3.42. The van der Waals surface area contributed by atoms with Crippen LogP contribution in [0.15, 0.2) is 36.4 Å². The molecule has 1 heterocycles. The summed E-state index contributed by atoms with van der Waals surface area (Å²) in [5.41, 5.74) is 2.16. The lowest BCUT2D eigenvalue weighted by atomic mass is 9.89. The van der Waals surface area contributed by atoms with E-state index in [0.717, 1.165) is 23.1 Å². The molecule has 1 unspecified atom stereocenters. The summed E-state index contributed by atoms with van der Waals surface area (Å²) < 4.78 is 31.1. The van der Waals surface area contributed by atoms with Crippen molar-refractivity contribution in [2.24, 2.45) is 0 Å². The molecule has 0 spiro atoms. The number of anilines is 1. The molecule has 3 rings (SSSR count). The van der Waals surface area contributed by atoms with Gasteiger partial charge in [0.1, 0.15) is 11.4 Å². The van der Waals surface area contributed by atoms with Gasteiger partial charge in [-0.15, -0.1) is 0 Å². The Balaban J connectivity index is 1.85. The van der Waals surface area contributed by atoms with Crippen molar-refractivity contribution < 1.29 is 17.9 Å². The smallest absolute Gasteiger partial charge is 0.253 e. The minimum absolute atomic E-state index is 0.168. The Morgan fingerprint density at radius 3 is 2.57 bits per heavy atom. The van der Waals surface area contributed by atoms with Crippen LogP contribution in [-0.2, 0) is 10.0 Å². The molecule has 1 aliphatic heterocycles. The van der Waals surface area contributed by atoms with Crippen LogP contribution in [-0.4, -0.2) is 26.2 Å². The Kier molecular flexibility index (Phi) is 5.34. The first-order chi connectivity index (χ1) is 12.9. The van der Waals surface area contributed by atoms with E-state index in [4.69, 9.17) is 16.3 Å². The molecule has 2 aromatic rings. The number of carbonyl (C=O) groups is 1. The first kappa shape index (κ1) is 20.5. The van der Waals surface area contributed by atoms with E-state index in [1.54, 1.807) is 0 Å². The first-order valence-electron chi connectivity index (χ1n) is 8.81. The van der Waals surface area contributed by atoms with E-state index in [2.05, 4.69) is 10.0 Å². The standard InChI is InChI=1S/C20H23ClN2O4S/c1-12-5-7-15-17(11-20(2,3)27-18(15)9-12)22-19(24)14-8-6-13(10-16(14)21)23-28(4,25)26/h5-10,17,23H,11H2,1-4H3,(H,22,24). The van der Waals surface area contributed by atoms with Crippen LogP contribution in [0.5, 0.6) is 5.75 Å². The van der Waals surface area contributed by atoms with Crippen LogP contribution in [0.3, 0.4) is 0 Å². The van der Waals surface area contributed by atoms with Crippen LogP contribution in [0.2, 0.25) is 5.02 Å². The molecule has 6 nitrogen and oxygen atoms in total. The molecule has 2 N–H and O–H groups in total. The predicted molar refractivity (Wildman–Crippen MR) is 111 cm³/mol. The van der Waals surface area contributed by atoms with E-state index in [1.807, 2.05) is 39.0 Å². The van der Waals surface area contributed by atoms with Crippen molar-refractivity contribution in [3.05, 3.63) is 58.1 Å². The molecule has 1 atom stereocenters. The minimum Gasteiger partial charge on any atom is -0.487 e. The number of amides is 1. The number of carbonyl (C=O) groups excluding carboxylic acids is 1. The molecule has 28 heavy (non-hydrogen) atoms. The summed E-state index contributed by atoms with van der Waals surface area (Å²) in [7, 11) is -3.42. The molecular formula is C20H23ClN2O4S. The molecule has 0 saturated heterocycles. The lowest BCUT2D eigenvalue weighted by Crippen LogP contribution is -2.41. The van der Waals surface area contributed by atoms with Gasteiger partial charge in [-0.25, -0.2) is 8.42 Å². The largest absolute Gasteiger partial charge is 0.487 e. The summed E-state index contributed by atoms with van der Waals surface area (Å²) in [6.07, 6.45) is 1.66. The quantitative estimate of drug-likeness (QED) is 0.778. The predicted octanol–water partition coefficient (Wildman–Crippen LogP) is 4.05. The number of aryl methyl sites for hydroxylation is 1. The van der Waals surface area contributed by atoms with Gasteiger partial charge in [-0.2, -0.15) is 0 Å². The summed E-state index contributed by atoms with van der Waals surface area (Å²) in [4.78, 5) is 12.8. The van der Waals surface area contributed by atoms with Crippen molar-refractivity contribution in [1.82, 2.24) is 5.32 Å². The van der Waals surface area contributed by atoms with Gasteiger partial charge in [-0.3, -0.25) is 9.52 Å². The Morgan fingerprint density at radius 1 is 1.21 bits per heavy atom. The molecule has 0 bridgehead atoms. The monoisotopic (exact) mass is 422 g/mol. The van der Waals surface area contributed by atoms with Crippen LogP contribution in [0, 0.1) is 6.92 Å². The molecule has 0 saturated carbocycles. The van der Waals surface area contributed by atoms with Crippen LogP contribution in [0.1, 0.15) is 47.8 Å². The number of sulfonamides is 1. The highest BCUT2D eigenvalue weighted by Crippen LogP contribution is 2.40. The summed E-state index contributed by atoms with van der Waals surface area (Å²) in [6.45, 7) is 5.96. The van der Waals surface area contributed by atoms with Crippen LogP contribution < -0.4 is 14.8 Å². The summed E-state index contributed by atoms with van der Waals surface area (Å²) in [6, 6.07) is 10.1. The van der Waals surface area contributed by atoms with Gasteiger partial charge >= 0.3 is 0 Å². The third-order valence-corrected chi connectivity index (χ3v) is 5.37. The molecular weight excluding hydrogens is 400 g/mol. The Labute approximate surface area is 170 Å². The topological polar surface area (TPSA) is 84.5 Å². The average Bonchev–Trinajstić information content (AvgIpc) is 2.51. The average molecular weight is 423 g/mol. The maximum absolute atomic E-state index is 12.8. The van der Waals surface area contributed by atoms with E-state index in [-0.39, 0.29) is 22.5 Å². The maximum atomic E-state index is 12.8. The van der Waals surface area contributed by atoms with Gasteiger partial charge in [0, 0.05) is 17.7 Å². The number of hydrogen-bond donors (Lipinski definition) is 2. The molecule has 1 aliphatic rings. The zero-order valence-corrected chi connectivity index (χ0v) is 17.7. The van der Waals surface area contributed by atoms with E-state index in [9.17, 15) is 13.2 Å². The second-order valence-corrected chi connectivity index (χ2v) is 9.86. The highest BCUT2D eigenvalue weighted by atomic mass is 35.5. The summed E-state index contributed by atoms with van der Waals surface area (Å²) >= 11 is 6.23. The highest BCUT2D eigenvalue weighted by Gasteiger charge is 2.34. The van der Waals surface area contributed by atoms with Gasteiger partial charge in [0.15, 0.2) is 0 Å². The molecule has 150 valence electrons. The molecule has 8 heteroatoms. The Hall–Kier alpha value is -2.25. The lowest BCUT2D eigenvalue weighted by Gasteiger charge is -2.38. The van der Waals surface area contributed by atoms with Crippen molar-refractivity contribution in [1.29, 1.82) is 0 Å². The summed E-state index contributed by atoms with van der Waals surface area (Å²) in [5.74, 6) is 0.436. The zero-order chi connectivity index (χ0) is 20.7. The fourth-order valence-corrected chi connectivity index (χ4v) is 4.12. The van der Waals surface area contributed by atoms with E-state index in [0.29, 0.717) is 12.1 Å². The molecule has 2 aromatic carbocycles. The second-order valence-electron chi connectivity index (χ2n) is 7.70. The van der Waals surface area contributed by atoms with E-state index in [1.165, 1.54) is 18.2 Å². The van der Waals surface area contributed by atoms with Gasteiger partial charge in [0.2, 0.25) is 10.0 Å². The van der Waals surface area contributed by atoms with Gasteiger partial charge in [0.05, 0.1) is 22.9 Å². The molecule has 1 amide bonds. The van der Waals surface area contributed by atoms with Gasteiger partial charge in [0.25, 0.3) is 5.91 Å². The third-order valence-electron chi connectivity index (χ3n) is 4.45. The van der Waals surface area contributed by atoms with Gasteiger partial charge < -0.3 is 10.1 Å². The number of hydrogen-bond acceptors (Lipinski definition) is 4. The van der Waals surface area contributed by atoms with E-state index >= 15 is 0 Å². The van der Waals surface area contributed by atoms with Crippen molar-refractivity contribution in [2.75, 3.05) is 11.0 Å². The fraction of sp³-hybridized carbons (Fsp3) is 0.350. The number of ether oxygens (including phenoxy) is 1. The van der Waals surface area contributed by atoms with Crippen LogP contribution in [0.25, 0.3) is 0 Å². The third kappa shape index (κ3) is 4.77. The summed E-state index contributed by atoms with van der Waals surface area (Å²) in [5, 5.41) is 3.20. The maximum Gasteiger partial charge on any atom is 0.253 e. The zero-order valence-electron chi connectivity index (χ0n) is 16.2. The molecule has 0 aliphatic carbocycles. The fourth-order valence-electron chi connectivity index (χ4n) is 3.30. The van der Waals surface area contributed by atoms with Gasteiger partial charge in [-0.05, 0) is 50.6 Å². The molecule has 0 radical (unpaired) electrons. The SMILES string of the molecule is Cc1ccc2c(c1)OC(C)(C)CC2NC(=O)c1ccc(NS(C)(=O)=O)cc1Cl. The number of benzene rings is 2. The molecule has 0 fully saturated rings. The number of rotatable bonds is 4. The normalized spacial score (nSPS) is 18.0. The van der Waals surface area contributed by atoms with Crippen molar-refractivity contribution >= 4 is 33.2 Å². The van der Waals surface area contributed by atoms with Gasteiger partial charge in [-0.1, -0.05) is 23.7 Å². The Bertz CT molecular complexity index is 1030. The number of fused-ring (bicyclic) bond motifs is 1. The van der Waals surface area contributed by atoms with Crippen molar-refractivity contribution in [2.45, 2.75) is 38.8 Å². The Morgan fingerprint density at radius 2 is 1.93 bits per heavy atom. The van der Waals surface area contributed by atoms with E-state index < -0.39 is 15.6 Å². The highest BCUT2D eigenvalue weighted by molar-refractivity contribution is 7.92. The first-order valence-corrected chi connectivity index (χ1v) is 11.1. The second kappa shape index (κ2) is 7.29.